The first-order chi connectivity index (χ1) is 10.5. The quantitative estimate of drug-likeness (QED) is 0.388. The summed E-state index contributed by atoms with van der Waals surface area (Å²) < 4.78 is 5.03. The van der Waals surface area contributed by atoms with Crippen molar-refractivity contribution in [2.75, 3.05) is 5.32 Å². The zero-order valence-corrected chi connectivity index (χ0v) is 11.5. The molecule has 1 aromatic rings. The fourth-order valence-electron chi connectivity index (χ4n) is 1.41. The summed E-state index contributed by atoms with van der Waals surface area (Å²) in [4.78, 5) is 22.7. The highest BCUT2D eigenvalue weighted by atomic mass is 16.5. The summed E-state index contributed by atoms with van der Waals surface area (Å²) in [5.74, 6) is -1.13. The Bertz CT molecular complexity index is 733. The molecule has 6 heteroatoms. The van der Waals surface area contributed by atoms with Crippen molar-refractivity contribution in [1.29, 1.82) is 10.5 Å². The molecule has 0 spiro atoms. The van der Waals surface area contributed by atoms with Crippen molar-refractivity contribution in [3.63, 3.8) is 0 Å². The molecule has 22 heavy (non-hydrogen) atoms. The molecule has 0 aliphatic carbocycles. The summed E-state index contributed by atoms with van der Waals surface area (Å²) >= 11 is 0. The fraction of sp³-hybridized carbons (Fsp3) is 0. The van der Waals surface area contributed by atoms with Crippen LogP contribution in [0.25, 0.3) is 6.08 Å². The van der Waals surface area contributed by atoms with Gasteiger partial charge >= 0.3 is 5.97 Å². The van der Waals surface area contributed by atoms with Crippen LogP contribution in [0.15, 0.2) is 49.1 Å². The molecule has 0 aliphatic heterocycles. The van der Waals surface area contributed by atoms with Gasteiger partial charge in [-0.3, -0.25) is 4.79 Å². The topological polar surface area (TPSA) is 103 Å². The molecule has 1 aromatic carbocycles. The van der Waals surface area contributed by atoms with Crippen LogP contribution < -0.4 is 10.1 Å². The van der Waals surface area contributed by atoms with E-state index in [4.69, 9.17) is 15.3 Å². The lowest BCUT2D eigenvalue weighted by Gasteiger charge is -2.10. The maximum absolute atomic E-state index is 11.4. The highest BCUT2D eigenvalue weighted by Gasteiger charge is 2.10. The second-order valence-electron chi connectivity index (χ2n) is 3.86. The third kappa shape index (κ3) is 4.48. The lowest BCUT2D eigenvalue weighted by Crippen LogP contribution is -2.11. The van der Waals surface area contributed by atoms with Gasteiger partial charge in [-0.05, 0) is 29.8 Å². The molecule has 0 saturated heterocycles. The number of allylic oxidation sites excluding steroid dienone is 1. The van der Waals surface area contributed by atoms with Gasteiger partial charge in [-0.15, -0.1) is 0 Å². The van der Waals surface area contributed by atoms with Crippen LogP contribution in [0.1, 0.15) is 5.56 Å². The highest BCUT2D eigenvalue weighted by molar-refractivity contribution is 6.00. The van der Waals surface area contributed by atoms with Gasteiger partial charge in [0.25, 0.3) is 0 Å². The molecule has 1 N–H and O–H groups in total. The smallest absolute Gasteiger partial charge is 0.335 e. The van der Waals surface area contributed by atoms with Gasteiger partial charge in [0.1, 0.15) is 17.7 Å². The monoisotopic (exact) mass is 293 g/mol. The van der Waals surface area contributed by atoms with Crippen molar-refractivity contribution >= 4 is 23.6 Å². The number of carbonyl (C=O) groups excluding carboxylic acids is 2. The average molecular weight is 293 g/mol. The zero-order valence-electron chi connectivity index (χ0n) is 11.5. The molecule has 0 heterocycles. The van der Waals surface area contributed by atoms with E-state index in [-0.39, 0.29) is 17.0 Å². The summed E-state index contributed by atoms with van der Waals surface area (Å²) in [7, 11) is 0. The Labute approximate surface area is 127 Å². The van der Waals surface area contributed by atoms with Crippen molar-refractivity contribution in [3.8, 4) is 17.9 Å². The maximum atomic E-state index is 11.4. The molecule has 0 atom stereocenters. The number of esters is 1. The number of rotatable bonds is 5. The van der Waals surface area contributed by atoms with Crippen LogP contribution in [-0.2, 0) is 9.59 Å². The van der Waals surface area contributed by atoms with Crippen molar-refractivity contribution in [1.82, 2.24) is 0 Å². The van der Waals surface area contributed by atoms with Gasteiger partial charge < -0.3 is 10.1 Å². The molecule has 0 radical (unpaired) electrons. The van der Waals surface area contributed by atoms with E-state index in [0.717, 1.165) is 12.2 Å². The number of nitrogens with zero attached hydrogens (tertiary/aromatic N) is 2. The minimum Gasteiger partial charge on any atom is -0.421 e. The molecule has 0 aromatic heterocycles. The third-order valence-corrected chi connectivity index (χ3v) is 2.38. The summed E-state index contributed by atoms with van der Waals surface area (Å²) in [5, 5.41) is 20.0. The van der Waals surface area contributed by atoms with E-state index in [1.165, 1.54) is 18.2 Å². The standard InChI is InChI=1S/C16H11N3O3/c1-3-15(20)19-13-6-5-11(7-12(9-17)10-18)8-14(13)22-16(21)4-2/h3-8H,1-2H2,(H,19,20). The van der Waals surface area contributed by atoms with Crippen molar-refractivity contribution < 1.29 is 14.3 Å². The van der Waals surface area contributed by atoms with Crippen molar-refractivity contribution in [3.05, 3.63) is 54.6 Å². The maximum Gasteiger partial charge on any atom is 0.335 e. The number of carbonyl (C=O) groups is 2. The summed E-state index contributed by atoms with van der Waals surface area (Å²) in [6.07, 6.45) is 3.36. The van der Waals surface area contributed by atoms with Crippen LogP contribution in [0.5, 0.6) is 5.75 Å². The Morgan fingerprint density at radius 2 is 1.86 bits per heavy atom. The highest BCUT2D eigenvalue weighted by Crippen LogP contribution is 2.27. The van der Waals surface area contributed by atoms with Gasteiger partial charge in [-0.1, -0.05) is 19.2 Å². The fourth-order valence-corrected chi connectivity index (χ4v) is 1.41. The minimum absolute atomic E-state index is 0.0593. The van der Waals surface area contributed by atoms with Crippen LogP contribution in [0.2, 0.25) is 0 Å². The summed E-state index contributed by atoms with van der Waals surface area (Å²) in [5.41, 5.74) is 0.596. The van der Waals surface area contributed by atoms with E-state index in [1.807, 2.05) is 0 Å². The minimum atomic E-state index is -0.712. The summed E-state index contributed by atoms with van der Waals surface area (Å²) in [6, 6.07) is 7.88. The molecule has 0 unspecified atom stereocenters. The van der Waals surface area contributed by atoms with Crippen LogP contribution in [0, 0.1) is 22.7 Å². The van der Waals surface area contributed by atoms with Gasteiger partial charge in [0.15, 0.2) is 5.75 Å². The van der Waals surface area contributed by atoms with E-state index in [0.29, 0.717) is 5.56 Å². The van der Waals surface area contributed by atoms with Gasteiger partial charge in [0.2, 0.25) is 5.91 Å². The predicted octanol–water partition coefficient (Wildman–Crippen LogP) is 2.33. The number of hydrogen-bond acceptors (Lipinski definition) is 5. The molecule has 0 fully saturated rings. The molecule has 1 amide bonds. The summed E-state index contributed by atoms with van der Waals surface area (Å²) in [6.45, 7) is 6.61. The number of hydrogen-bond donors (Lipinski definition) is 1. The number of ether oxygens (including phenoxy) is 1. The van der Waals surface area contributed by atoms with E-state index in [1.54, 1.807) is 18.2 Å². The number of nitrogens with one attached hydrogen (secondary N) is 1. The van der Waals surface area contributed by atoms with Crippen molar-refractivity contribution in [2.45, 2.75) is 0 Å². The second-order valence-corrected chi connectivity index (χ2v) is 3.86. The zero-order chi connectivity index (χ0) is 16.5. The Balaban J connectivity index is 3.28. The molecule has 0 bridgehead atoms. The molecular weight excluding hydrogens is 282 g/mol. The molecule has 6 nitrogen and oxygen atoms in total. The predicted molar refractivity (Wildman–Crippen MR) is 80.3 cm³/mol. The Morgan fingerprint density at radius 3 is 2.41 bits per heavy atom. The Hall–Kier alpha value is -3.64. The molecular formula is C16H11N3O3. The van der Waals surface area contributed by atoms with Crippen LogP contribution in [0.3, 0.4) is 0 Å². The van der Waals surface area contributed by atoms with E-state index >= 15 is 0 Å². The Morgan fingerprint density at radius 1 is 1.18 bits per heavy atom. The molecule has 0 aliphatic rings. The second kappa shape index (κ2) is 7.83. The lowest BCUT2D eigenvalue weighted by atomic mass is 10.1. The number of amides is 1. The number of nitriles is 2. The Kier molecular flexibility index (Phi) is 5.84. The average Bonchev–Trinajstić information content (AvgIpc) is 2.54. The lowest BCUT2D eigenvalue weighted by molar-refractivity contribution is -0.129. The molecule has 108 valence electrons. The van der Waals surface area contributed by atoms with E-state index in [9.17, 15) is 9.59 Å². The first-order valence-corrected chi connectivity index (χ1v) is 5.97. The number of benzene rings is 1. The largest absolute Gasteiger partial charge is 0.421 e. The first-order valence-electron chi connectivity index (χ1n) is 5.97. The number of anilines is 1. The molecule has 1 rings (SSSR count). The van der Waals surface area contributed by atoms with Crippen LogP contribution in [-0.4, -0.2) is 11.9 Å². The van der Waals surface area contributed by atoms with Gasteiger partial charge in [-0.25, -0.2) is 4.79 Å². The van der Waals surface area contributed by atoms with Gasteiger partial charge in [0, 0.05) is 6.08 Å². The van der Waals surface area contributed by atoms with E-state index in [2.05, 4.69) is 18.5 Å². The normalized spacial score (nSPS) is 8.64. The van der Waals surface area contributed by atoms with Crippen molar-refractivity contribution in [2.24, 2.45) is 0 Å². The van der Waals surface area contributed by atoms with E-state index < -0.39 is 11.9 Å². The SMILES string of the molecule is C=CC(=O)Nc1ccc(C=C(C#N)C#N)cc1OC(=O)C=C. The van der Waals surface area contributed by atoms with Crippen LogP contribution >= 0.6 is 0 Å². The first kappa shape index (κ1) is 16.4. The van der Waals surface area contributed by atoms with Crippen LogP contribution in [0.4, 0.5) is 5.69 Å². The third-order valence-electron chi connectivity index (χ3n) is 2.38. The molecule has 0 saturated carbocycles. The van der Waals surface area contributed by atoms with Gasteiger partial charge in [0.05, 0.1) is 5.69 Å². The van der Waals surface area contributed by atoms with Gasteiger partial charge in [-0.2, -0.15) is 10.5 Å².